The van der Waals surface area contributed by atoms with E-state index in [1.165, 1.54) is 5.39 Å². The molecule has 0 aromatic heterocycles. The van der Waals surface area contributed by atoms with E-state index in [4.69, 9.17) is 0 Å². The van der Waals surface area contributed by atoms with Gasteiger partial charge in [0.2, 0.25) is 0 Å². The highest BCUT2D eigenvalue weighted by molar-refractivity contribution is 6.00. The Morgan fingerprint density at radius 1 is 0.950 bits per heavy atom. The predicted molar refractivity (Wildman–Crippen MR) is 84.0 cm³/mol. The lowest BCUT2D eigenvalue weighted by Crippen LogP contribution is -1.84. The van der Waals surface area contributed by atoms with Crippen LogP contribution in [0.25, 0.3) is 10.8 Å². The van der Waals surface area contributed by atoms with Gasteiger partial charge in [-0.05, 0) is 35.4 Å². The van der Waals surface area contributed by atoms with E-state index in [9.17, 15) is 5.11 Å². The van der Waals surface area contributed by atoms with E-state index in [0.29, 0.717) is 5.69 Å². The molecule has 3 aromatic carbocycles. The minimum atomic E-state index is 0.201. The van der Waals surface area contributed by atoms with Crippen LogP contribution in [0.15, 0.2) is 65.7 Å². The van der Waals surface area contributed by atoms with Crippen LogP contribution in [0.1, 0.15) is 11.1 Å². The number of phenolic OH excluding ortho intramolecular Hbond substituents is 1. The minimum absolute atomic E-state index is 0.201. The van der Waals surface area contributed by atoms with E-state index in [1.54, 1.807) is 12.3 Å². The van der Waals surface area contributed by atoms with Crippen LogP contribution in [0.4, 0.5) is 5.69 Å². The number of aromatic hydroxyl groups is 1. The highest BCUT2D eigenvalue weighted by atomic mass is 16.3. The largest absolute Gasteiger partial charge is 0.506 e. The normalized spacial score (nSPS) is 11.2. The van der Waals surface area contributed by atoms with Crippen molar-refractivity contribution in [2.45, 2.75) is 6.92 Å². The van der Waals surface area contributed by atoms with Gasteiger partial charge in [0.25, 0.3) is 0 Å². The number of fused-ring (bicyclic) bond motifs is 1. The summed E-state index contributed by atoms with van der Waals surface area (Å²) in [6.07, 6.45) is 1.80. The summed E-state index contributed by atoms with van der Waals surface area (Å²) in [4.78, 5) is 4.41. The summed E-state index contributed by atoms with van der Waals surface area (Å²) in [5, 5.41) is 12.2. The van der Waals surface area contributed by atoms with Crippen LogP contribution < -0.4 is 0 Å². The smallest absolute Gasteiger partial charge is 0.141 e. The molecular formula is C18H15NO. The van der Waals surface area contributed by atoms with Gasteiger partial charge in [0.1, 0.15) is 11.4 Å². The third kappa shape index (κ3) is 2.41. The van der Waals surface area contributed by atoms with E-state index in [2.05, 4.69) is 23.2 Å². The molecule has 0 unspecified atom stereocenters. The molecule has 0 radical (unpaired) electrons. The van der Waals surface area contributed by atoms with Crippen LogP contribution in [-0.2, 0) is 0 Å². The summed E-state index contributed by atoms with van der Waals surface area (Å²) in [7, 11) is 0. The van der Waals surface area contributed by atoms with Crippen molar-refractivity contribution in [2.24, 2.45) is 4.99 Å². The Kier molecular flexibility index (Phi) is 3.21. The van der Waals surface area contributed by atoms with Crippen molar-refractivity contribution >= 4 is 22.7 Å². The van der Waals surface area contributed by atoms with Crippen LogP contribution in [0, 0.1) is 6.92 Å². The maximum atomic E-state index is 9.81. The number of hydrogen-bond donors (Lipinski definition) is 1. The zero-order chi connectivity index (χ0) is 13.9. The molecule has 2 nitrogen and oxygen atoms in total. The Labute approximate surface area is 118 Å². The molecule has 20 heavy (non-hydrogen) atoms. The Morgan fingerprint density at radius 2 is 1.75 bits per heavy atom. The van der Waals surface area contributed by atoms with Gasteiger partial charge in [-0.1, -0.05) is 48.5 Å². The fourth-order valence-corrected chi connectivity index (χ4v) is 2.24. The molecule has 0 fully saturated rings. The fraction of sp³-hybridized carbons (Fsp3) is 0.0556. The first-order valence-corrected chi connectivity index (χ1v) is 6.55. The van der Waals surface area contributed by atoms with Crippen molar-refractivity contribution < 1.29 is 5.11 Å². The van der Waals surface area contributed by atoms with Crippen molar-refractivity contribution in [3.05, 3.63) is 71.8 Å². The first kappa shape index (κ1) is 12.4. The van der Waals surface area contributed by atoms with E-state index < -0.39 is 0 Å². The van der Waals surface area contributed by atoms with Crippen LogP contribution in [0.3, 0.4) is 0 Å². The molecule has 0 bridgehead atoms. The van der Waals surface area contributed by atoms with Crippen molar-refractivity contribution in [3.8, 4) is 5.75 Å². The second-order valence-electron chi connectivity index (χ2n) is 4.82. The van der Waals surface area contributed by atoms with Crippen molar-refractivity contribution in [2.75, 3.05) is 0 Å². The fourth-order valence-electron chi connectivity index (χ4n) is 2.24. The molecule has 3 rings (SSSR count). The molecule has 0 saturated heterocycles. The van der Waals surface area contributed by atoms with Gasteiger partial charge in [0, 0.05) is 11.8 Å². The highest BCUT2D eigenvalue weighted by Gasteiger charge is 2.00. The molecule has 0 heterocycles. The Bertz CT molecular complexity index is 785. The van der Waals surface area contributed by atoms with Crippen molar-refractivity contribution in [1.82, 2.24) is 0 Å². The van der Waals surface area contributed by atoms with Gasteiger partial charge in [0.15, 0.2) is 0 Å². The molecule has 98 valence electrons. The second kappa shape index (κ2) is 5.17. The number of nitrogens with zero attached hydrogens (tertiary/aromatic N) is 1. The Hall–Kier alpha value is -2.61. The van der Waals surface area contributed by atoms with Crippen LogP contribution >= 0.6 is 0 Å². The number of aryl methyl sites for hydroxylation is 1. The average molecular weight is 261 g/mol. The van der Waals surface area contributed by atoms with Crippen LogP contribution in [0.5, 0.6) is 5.75 Å². The van der Waals surface area contributed by atoms with E-state index in [-0.39, 0.29) is 5.75 Å². The molecule has 0 aliphatic heterocycles. The SMILES string of the molecule is Cc1ccc(O)c(N=Cc2cccc3ccccc23)c1. The molecule has 0 aliphatic rings. The van der Waals surface area contributed by atoms with Gasteiger partial charge in [0.05, 0.1) is 0 Å². The van der Waals surface area contributed by atoms with Gasteiger partial charge < -0.3 is 5.11 Å². The summed E-state index contributed by atoms with van der Waals surface area (Å²) in [5.41, 5.74) is 2.72. The molecule has 0 spiro atoms. The topological polar surface area (TPSA) is 32.6 Å². The number of rotatable bonds is 2. The minimum Gasteiger partial charge on any atom is -0.506 e. The zero-order valence-corrected chi connectivity index (χ0v) is 11.2. The molecule has 2 heteroatoms. The first-order valence-electron chi connectivity index (χ1n) is 6.55. The molecule has 0 atom stereocenters. The summed E-state index contributed by atoms with van der Waals surface area (Å²) < 4.78 is 0. The summed E-state index contributed by atoms with van der Waals surface area (Å²) >= 11 is 0. The summed E-state index contributed by atoms with van der Waals surface area (Å²) in [6, 6.07) is 19.7. The highest BCUT2D eigenvalue weighted by Crippen LogP contribution is 2.27. The number of phenols is 1. The predicted octanol–water partition coefficient (Wildman–Crippen LogP) is 4.60. The van der Waals surface area contributed by atoms with E-state index >= 15 is 0 Å². The lowest BCUT2D eigenvalue weighted by atomic mass is 10.1. The second-order valence-corrected chi connectivity index (χ2v) is 4.82. The molecule has 0 amide bonds. The number of hydrogen-bond acceptors (Lipinski definition) is 2. The molecular weight excluding hydrogens is 246 g/mol. The Morgan fingerprint density at radius 3 is 2.65 bits per heavy atom. The lowest BCUT2D eigenvalue weighted by molar-refractivity contribution is 0.477. The van der Waals surface area contributed by atoms with E-state index in [0.717, 1.165) is 16.5 Å². The summed E-state index contributed by atoms with van der Waals surface area (Å²) in [6.45, 7) is 1.98. The molecule has 1 N–H and O–H groups in total. The van der Waals surface area contributed by atoms with Gasteiger partial charge in [-0.3, -0.25) is 4.99 Å². The zero-order valence-electron chi connectivity index (χ0n) is 11.2. The van der Waals surface area contributed by atoms with Crippen LogP contribution in [0.2, 0.25) is 0 Å². The van der Waals surface area contributed by atoms with Crippen molar-refractivity contribution in [1.29, 1.82) is 0 Å². The average Bonchev–Trinajstić information content (AvgIpc) is 2.48. The van der Waals surface area contributed by atoms with Gasteiger partial charge in [-0.2, -0.15) is 0 Å². The maximum Gasteiger partial charge on any atom is 0.141 e. The third-order valence-electron chi connectivity index (χ3n) is 3.30. The number of aliphatic imine (C=N–C) groups is 1. The summed E-state index contributed by atoms with van der Waals surface area (Å²) in [5.74, 6) is 0.201. The van der Waals surface area contributed by atoms with Gasteiger partial charge in [-0.25, -0.2) is 0 Å². The quantitative estimate of drug-likeness (QED) is 0.671. The molecule has 0 saturated carbocycles. The third-order valence-corrected chi connectivity index (χ3v) is 3.30. The lowest BCUT2D eigenvalue weighted by Gasteiger charge is -2.03. The monoisotopic (exact) mass is 261 g/mol. The van der Waals surface area contributed by atoms with Crippen molar-refractivity contribution in [3.63, 3.8) is 0 Å². The van der Waals surface area contributed by atoms with Crippen LogP contribution in [-0.4, -0.2) is 11.3 Å². The molecule has 3 aromatic rings. The number of benzene rings is 3. The Balaban J connectivity index is 2.05. The van der Waals surface area contributed by atoms with E-state index in [1.807, 2.05) is 43.3 Å². The standard InChI is InChI=1S/C18H15NO/c1-13-9-10-18(20)17(11-13)19-12-15-7-4-6-14-5-2-3-8-16(14)15/h2-12,20H,1H3. The maximum absolute atomic E-state index is 9.81. The molecule has 0 aliphatic carbocycles. The van der Waals surface area contributed by atoms with Gasteiger partial charge in [-0.15, -0.1) is 0 Å². The van der Waals surface area contributed by atoms with Gasteiger partial charge >= 0.3 is 0 Å². The first-order chi connectivity index (χ1) is 9.74.